The second-order valence-corrected chi connectivity index (χ2v) is 15.1. The molecule has 0 aromatic heterocycles. The smallest absolute Gasteiger partial charge is 0.405 e. The lowest BCUT2D eigenvalue weighted by Crippen LogP contribution is -2.54. The number of benzene rings is 2. The Morgan fingerprint density at radius 2 is 1.65 bits per heavy atom. The van der Waals surface area contributed by atoms with Crippen LogP contribution < -0.4 is 30.7 Å². The number of carbonyl (C=O) groups excluding carboxylic acids is 3. The molecular weight excluding hydrogens is 691 g/mol. The summed E-state index contributed by atoms with van der Waals surface area (Å²) in [7, 11) is -2.59. The number of hydrogen-bond acceptors (Lipinski definition) is 8. The van der Waals surface area contributed by atoms with Crippen molar-refractivity contribution in [2.45, 2.75) is 95.8 Å². The number of nitrogens with one attached hydrogen (secondary N) is 6. The summed E-state index contributed by atoms with van der Waals surface area (Å²) in [5.74, 6) is -1.61. The van der Waals surface area contributed by atoms with Crippen molar-refractivity contribution in [1.82, 2.24) is 30.9 Å². The van der Waals surface area contributed by atoms with Crippen LogP contribution in [-0.2, 0) is 30.8 Å². The van der Waals surface area contributed by atoms with Gasteiger partial charge in [-0.3, -0.25) is 19.8 Å². The summed E-state index contributed by atoms with van der Waals surface area (Å²) in [4.78, 5) is 52.9. The van der Waals surface area contributed by atoms with E-state index in [0.29, 0.717) is 34.4 Å². The van der Waals surface area contributed by atoms with Crippen LogP contribution in [0.1, 0.15) is 73.9 Å². The van der Waals surface area contributed by atoms with Crippen molar-refractivity contribution in [3.05, 3.63) is 70.8 Å². The fourth-order valence-electron chi connectivity index (χ4n) is 6.11. The zero-order valence-electron chi connectivity index (χ0n) is 30.8. The molecule has 2 aromatic rings. The van der Waals surface area contributed by atoms with Gasteiger partial charge in [0.15, 0.2) is 0 Å². The Labute approximate surface area is 305 Å². The average molecular weight is 742 g/mol. The number of hydrogen-bond donors (Lipinski definition) is 7. The third kappa shape index (κ3) is 10.2. The van der Waals surface area contributed by atoms with Crippen LogP contribution in [0.3, 0.4) is 0 Å². The van der Waals surface area contributed by atoms with Crippen molar-refractivity contribution in [1.29, 1.82) is 5.41 Å². The van der Waals surface area contributed by atoms with Gasteiger partial charge >= 0.3 is 6.09 Å². The number of carboxylic acid groups (broad SMARTS) is 1. The fraction of sp³-hybridized carbons (Fsp3) is 0.472. The molecule has 0 fully saturated rings. The largest absolute Gasteiger partial charge is 0.487 e. The summed E-state index contributed by atoms with van der Waals surface area (Å²) in [6.07, 6.45) is 0.875. The third-order valence-corrected chi connectivity index (χ3v) is 10.5. The third-order valence-electron chi connectivity index (χ3n) is 8.87. The summed E-state index contributed by atoms with van der Waals surface area (Å²) < 4.78 is 35.3. The molecule has 1 heterocycles. The van der Waals surface area contributed by atoms with Gasteiger partial charge in [0.1, 0.15) is 29.5 Å². The lowest BCUT2D eigenvalue weighted by atomic mass is 9.94. The fourth-order valence-corrected chi connectivity index (χ4v) is 7.64. The molecule has 3 atom stereocenters. The van der Waals surface area contributed by atoms with Gasteiger partial charge in [-0.25, -0.2) is 17.9 Å². The monoisotopic (exact) mass is 741 g/mol. The number of likely N-dealkylation sites (N-methyl/N-ethyl adjacent to an activating group) is 1. The topological polar surface area (TPSA) is 219 Å². The maximum atomic E-state index is 13.5. The van der Waals surface area contributed by atoms with E-state index < -0.39 is 63.5 Å². The van der Waals surface area contributed by atoms with Gasteiger partial charge in [-0.1, -0.05) is 43.3 Å². The predicted octanol–water partition coefficient (Wildman–Crippen LogP) is 2.94. The molecule has 3 rings (SSSR count). The lowest BCUT2D eigenvalue weighted by Gasteiger charge is -2.27. The Morgan fingerprint density at radius 3 is 2.25 bits per heavy atom. The number of carbonyl (C=O) groups is 4. The Kier molecular flexibility index (Phi) is 13.8. The molecule has 284 valence electrons. The van der Waals surface area contributed by atoms with Crippen molar-refractivity contribution < 1.29 is 37.4 Å². The molecule has 1 aliphatic rings. The van der Waals surface area contributed by atoms with E-state index in [1.165, 1.54) is 4.90 Å². The van der Waals surface area contributed by atoms with Crippen LogP contribution in [0, 0.1) is 26.2 Å². The summed E-state index contributed by atoms with van der Waals surface area (Å²) in [5.41, 5.74) is 2.66. The van der Waals surface area contributed by atoms with Gasteiger partial charge in [-0.2, -0.15) is 0 Å². The zero-order chi connectivity index (χ0) is 39.0. The van der Waals surface area contributed by atoms with Gasteiger partial charge in [0.2, 0.25) is 23.7 Å². The Morgan fingerprint density at radius 1 is 1.02 bits per heavy atom. The summed E-state index contributed by atoms with van der Waals surface area (Å²) in [6, 6.07) is 5.21. The van der Waals surface area contributed by atoms with Crippen LogP contribution in [0.15, 0.2) is 47.9 Å². The average Bonchev–Trinajstić information content (AvgIpc) is 3.41. The van der Waals surface area contributed by atoms with E-state index in [1.807, 2.05) is 13.8 Å². The number of ether oxygens (including phenoxy) is 1. The van der Waals surface area contributed by atoms with Gasteiger partial charge < -0.3 is 36.0 Å². The van der Waals surface area contributed by atoms with E-state index in [0.717, 1.165) is 5.56 Å². The van der Waals surface area contributed by atoms with Crippen molar-refractivity contribution >= 4 is 39.8 Å². The van der Waals surface area contributed by atoms with E-state index in [4.69, 9.17) is 10.1 Å². The van der Waals surface area contributed by atoms with Crippen LogP contribution in [0.4, 0.5) is 4.79 Å². The van der Waals surface area contributed by atoms with Gasteiger partial charge in [-0.15, -0.1) is 6.58 Å². The van der Waals surface area contributed by atoms with Crippen LogP contribution in [0.25, 0.3) is 0 Å². The van der Waals surface area contributed by atoms with E-state index in [9.17, 15) is 32.7 Å². The summed E-state index contributed by atoms with van der Waals surface area (Å²) >= 11 is 0. The molecular formula is C36H51N7O8S. The Bertz CT molecular complexity index is 1800. The first-order valence-corrected chi connectivity index (χ1v) is 18.5. The van der Waals surface area contributed by atoms with Gasteiger partial charge in [0, 0.05) is 32.1 Å². The van der Waals surface area contributed by atoms with Crippen LogP contribution in [0.5, 0.6) is 5.75 Å². The molecule has 16 heteroatoms. The highest BCUT2D eigenvalue weighted by Crippen LogP contribution is 2.43. The lowest BCUT2D eigenvalue weighted by molar-refractivity contribution is -0.136. The van der Waals surface area contributed by atoms with E-state index >= 15 is 0 Å². The summed E-state index contributed by atoms with van der Waals surface area (Å²) in [6.45, 7) is 14.7. The Balaban J connectivity index is 1.63. The van der Waals surface area contributed by atoms with Crippen molar-refractivity contribution in [2.24, 2.45) is 0 Å². The molecule has 0 saturated carbocycles. The van der Waals surface area contributed by atoms with Gasteiger partial charge in [0.05, 0.1) is 4.90 Å². The first-order valence-electron chi connectivity index (χ1n) is 17.0. The highest BCUT2D eigenvalue weighted by Gasteiger charge is 2.37. The van der Waals surface area contributed by atoms with Crippen molar-refractivity contribution in [2.75, 3.05) is 20.1 Å². The number of guanidine groups is 1. The quantitative estimate of drug-likeness (QED) is 0.0581. The van der Waals surface area contributed by atoms with Crippen molar-refractivity contribution in [3.63, 3.8) is 0 Å². The minimum atomic E-state index is -4.16. The predicted molar refractivity (Wildman–Crippen MR) is 197 cm³/mol. The van der Waals surface area contributed by atoms with E-state index in [2.05, 4.69) is 32.6 Å². The Hall–Kier alpha value is -5.12. The normalized spacial score (nSPS) is 14.8. The maximum absolute atomic E-state index is 13.5. The summed E-state index contributed by atoms with van der Waals surface area (Å²) in [5, 5.41) is 27.8. The van der Waals surface area contributed by atoms with Crippen LogP contribution >= 0.6 is 0 Å². The highest BCUT2D eigenvalue weighted by molar-refractivity contribution is 7.90. The number of amides is 4. The van der Waals surface area contributed by atoms with Gasteiger partial charge in [0.25, 0.3) is 10.0 Å². The van der Waals surface area contributed by atoms with Gasteiger partial charge in [-0.05, 0) is 76.1 Å². The number of rotatable bonds is 16. The maximum Gasteiger partial charge on any atom is 0.405 e. The highest BCUT2D eigenvalue weighted by atomic mass is 32.2. The first-order chi connectivity index (χ1) is 24.3. The molecule has 4 amide bonds. The SMILES string of the molecule is C=CCN(C)C(=O)C(NC(=O)C(CC)NC(=O)C(CCCNC(=N)NS(=O)(=O)c1c(C)c(C)c2c(c1C)CC(C)(C)O2)NC(=O)O)c1ccccc1. The minimum Gasteiger partial charge on any atom is -0.487 e. The van der Waals surface area contributed by atoms with Crippen LogP contribution in [0.2, 0.25) is 0 Å². The molecule has 7 N–H and O–H groups in total. The molecule has 0 aliphatic carbocycles. The zero-order valence-corrected chi connectivity index (χ0v) is 31.6. The second-order valence-electron chi connectivity index (χ2n) is 13.4. The second kappa shape index (κ2) is 17.4. The number of nitrogens with zero attached hydrogens (tertiary/aromatic N) is 1. The van der Waals surface area contributed by atoms with E-state index in [-0.39, 0.29) is 37.2 Å². The number of fused-ring (bicyclic) bond motifs is 1. The standard InChI is InChI=1S/C36H51N7O8S/c1-9-19-43(8)33(46)28(24-15-12-11-13-16-24)41-31(44)26(10-2)39-32(45)27(40-35(47)48)17-14-18-38-34(37)42-52(49,50)30-22(4)21(3)29-25(23(30)5)20-36(6,7)51-29/h9,11-13,15-16,26-28,40H,1,10,14,17-20H2,2-8H3,(H,39,45)(H,41,44)(H,47,48)(H3,37,38,42). The molecule has 52 heavy (non-hydrogen) atoms. The number of sulfonamides is 1. The van der Waals surface area contributed by atoms with E-state index in [1.54, 1.807) is 71.2 Å². The molecule has 0 bridgehead atoms. The molecule has 1 aliphatic heterocycles. The van der Waals surface area contributed by atoms with Crippen molar-refractivity contribution in [3.8, 4) is 5.75 Å². The molecule has 0 radical (unpaired) electrons. The molecule has 0 spiro atoms. The minimum absolute atomic E-state index is 0.0203. The molecule has 2 aromatic carbocycles. The first kappa shape index (κ1) is 41.3. The molecule has 3 unspecified atom stereocenters. The molecule has 0 saturated heterocycles. The molecule has 15 nitrogen and oxygen atoms in total. The van der Waals surface area contributed by atoms with Crippen LogP contribution in [-0.4, -0.2) is 86.0 Å².